The lowest BCUT2D eigenvalue weighted by atomic mass is 10.3. The van der Waals surface area contributed by atoms with Crippen LogP contribution in [-0.4, -0.2) is 55.6 Å². The standard InChI is InChI=1S/C14H27N5/c1-6-7-9-19(5)14-16-12(2)11-13(17-14)15-8-10-18(3)4/h11H,6-10H2,1-5H3,(H,15,16,17). The summed E-state index contributed by atoms with van der Waals surface area (Å²) in [7, 11) is 6.18. The van der Waals surface area contributed by atoms with E-state index in [9.17, 15) is 0 Å². The van der Waals surface area contributed by atoms with Gasteiger partial charge in [-0.2, -0.15) is 4.98 Å². The molecule has 1 aromatic rings. The van der Waals surface area contributed by atoms with Gasteiger partial charge in [-0.3, -0.25) is 0 Å². The van der Waals surface area contributed by atoms with Gasteiger partial charge in [0.2, 0.25) is 5.95 Å². The van der Waals surface area contributed by atoms with E-state index in [1.165, 1.54) is 6.42 Å². The number of anilines is 2. The van der Waals surface area contributed by atoms with E-state index in [4.69, 9.17) is 0 Å². The smallest absolute Gasteiger partial charge is 0.227 e. The highest BCUT2D eigenvalue weighted by Gasteiger charge is 2.06. The van der Waals surface area contributed by atoms with Crippen molar-refractivity contribution in [2.24, 2.45) is 0 Å². The van der Waals surface area contributed by atoms with Crippen molar-refractivity contribution in [3.8, 4) is 0 Å². The summed E-state index contributed by atoms with van der Waals surface area (Å²) < 4.78 is 0. The first kappa shape index (κ1) is 15.7. The molecule has 0 unspecified atom stereocenters. The number of nitrogens with zero attached hydrogens (tertiary/aromatic N) is 4. The highest BCUT2D eigenvalue weighted by atomic mass is 15.2. The minimum Gasteiger partial charge on any atom is -0.369 e. The third-order valence-electron chi connectivity index (χ3n) is 2.90. The van der Waals surface area contributed by atoms with Crippen LogP contribution in [0.1, 0.15) is 25.5 Å². The van der Waals surface area contributed by atoms with Gasteiger partial charge in [0.1, 0.15) is 5.82 Å². The number of hydrogen-bond acceptors (Lipinski definition) is 5. The molecule has 1 aromatic heterocycles. The van der Waals surface area contributed by atoms with Gasteiger partial charge in [0, 0.05) is 38.4 Å². The monoisotopic (exact) mass is 265 g/mol. The molecule has 1 heterocycles. The molecule has 0 saturated heterocycles. The molecule has 0 aliphatic heterocycles. The SMILES string of the molecule is CCCCN(C)c1nc(C)cc(NCCN(C)C)n1. The van der Waals surface area contributed by atoms with Crippen LogP contribution in [0, 0.1) is 6.92 Å². The first-order chi connectivity index (χ1) is 9.02. The van der Waals surface area contributed by atoms with E-state index in [1.54, 1.807) is 0 Å². The van der Waals surface area contributed by atoms with Gasteiger partial charge < -0.3 is 15.1 Å². The van der Waals surface area contributed by atoms with Crippen molar-refractivity contribution in [2.45, 2.75) is 26.7 Å². The third-order valence-corrected chi connectivity index (χ3v) is 2.90. The average molecular weight is 265 g/mol. The second-order valence-corrected chi connectivity index (χ2v) is 5.20. The van der Waals surface area contributed by atoms with E-state index in [0.29, 0.717) is 0 Å². The zero-order valence-corrected chi connectivity index (χ0v) is 12.9. The summed E-state index contributed by atoms with van der Waals surface area (Å²) in [5, 5.41) is 3.35. The van der Waals surface area contributed by atoms with E-state index < -0.39 is 0 Å². The van der Waals surface area contributed by atoms with Crippen LogP contribution < -0.4 is 10.2 Å². The van der Waals surface area contributed by atoms with Crippen LogP contribution in [0.15, 0.2) is 6.07 Å². The molecular weight excluding hydrogens is 238 g/mol. The second kappa shape index (κ2) is 7.94. The molecule has 19 heavy (non-hydrogen) atoms. The molecular formula is C14H27N5. The van der Waals surface area contributed by atoms with E-state index in [1.807, 2.05) is 20.0 Å². The molecule has 0 aliphatic carbocycles. The number of hydrogen-bond donors (Lipinski definition) is 1. The van der Waals surface area contributed by atoms with Crippen molar-refractivity contribution in [2.75, 3.05) is 51.0 Å². The lowest BCUT2D eigenvalue weighted by Crippen LogP contribution is -2.23. The molecule has 0 radical (unpaired) electrons. The van der Waals surface area contributed by atoms with E-state index in [-0.39, 0.29) is 0 Å². The summed E-state index contributed by atoms with van der Waals surface area (Å²) in [5.74, 6) is 1.72. The fourth-order valence-electron chi connectivity index (χ4n) is 1.72. The van der Waals surface area contributed by atoms with Crippen molar-refractivity contribution >= 4 is 11.8 Å². The molecule has 1 N–H and O–H groups in total. The van der Waals surface area contributed by atoms with Gasteiger partial charge >= 0.3 is 0 Å². The molecule has 0 spiro atoms. The van der Waals surface area contributed by atoms with Gasteiger partial charge in [-0.05, 0) is 27.4 Å². The summed E-state index contributed by atoms with van der Waals surface area (Å²) in [4.78, 5) is 13.3. The Bertz CT molecular complexity index is 378. The van der Waals surface area contributed by atoms with Crippen molar-refractivity contribution < 1.29 is 0 Å². The number of likely N-dealkylation sites (N-methyl/N-ethyl adjacent to an activating group) is 1. The van der Waals surface area contributed by atoms with Gasteiger partial charge in [-0.25, -0.2) is 4.98 Å². The lowest BCUT2D eigenvalue weighted by Gasteiger charge is -2.18. The lowest BCUT2D eigenvalue weighted by molar-refractivity contribution is 0.425. The minimum absolute atomic E-state index is 0.806. The van der Waals surface area contributed by atoms with Crippen LogP contribution in [-0.2, 0) is 0 Å². The molecule has 0 bridgehead atoms. The van der Waals surface area contributed by atoms with Gasteiger partial charge in [0.15, 0.2) is 0 Å². The van der Waals surface area contributed by atoms with Crippen molar-refractivity contribution in [3.05, 3.63) is 11.8 Å². The number of unbranched alkanes of at least 4 members (excludes halogenated alkanes) is 1. The Morgan fingerprint density at radius 1 is 1.16 bits per heavy atom. The molecule has 0 atom stereocenters. The molecule has 1 rings (SSSR count). The van der Waals surface area contributed by atoms with Crippen molar-refractivity contribution in [1.29, 1.82) is 0 Å². The molecule has 0 aliphatic rings. The minimum atomic E-state index is 0.806. The van der Waals surface area contributed by atoms with Crippen LogP contribution in [0.2, 0.25) is 0 Å². The maximum atomic E-state index is 4.57. The van der Waals surface area contributed by atoms with Gasteiger partial charge in [0.05, 0.1) is 0 Å². The Kier molecular flexibility index (Phi) is 6.56. The van der Waals surface area contributed by atoms with Crippen LogP contribution in [0.5, 0.6) is 0 Å². The summed E-state index contributed by atoms with van der Waals surface area (Å²) in [5.41, 5.74) is 1.00. The highest BCUT2D eigenvalue weighted by molar-refractivity contribution is 5.43. The molecule has 0 saturated carbocycles. The first-order valence-electron chi connectivity index (χ1n) is 6.98. The first-order valence-corrected chi connectivity index (χ1v) is 6.98. The fourth-order valence-corrected chi connectivity index (χ4v) is 1.72. The van der Waals surface area contributed by atoms with E-state index in [2.05, 4.69) is 46.1 Å². The van der Waals surface area contributed by atoms with Crippen LogP contribution >= 0.6 is 0 Å². The normalized spacial score (nSPS) is 10.8. The summed E-state index contributed by atoms with van der Waals surface area (Å²) in [6, 6.07) is 1.99. The van der Waals surface area contributed by atoms with Crippen LogP contribution in [0.3, 0.4) is 0 Å². The topological polar surface area (TPSA) is 44.3 Å². The quantitative estimate of drug-likeness (QED) is 0.779. The molecule has 0 amide bonds. The number of rotatable bonds is 8. The molecule has 0 aromatic carbocycles. The summed E-state index contributed by atoms with van der Waals surface area (Å²) in [6.07, 6.45) is 2.35. The molecule has 0 fully saturated rings. The Hall–Kier alpha value is -1.36. The Labute approximate surface area is 117 Å². The highest BCUT2D eigenvalue weighted by Crippen LogP contribution is 2.12. The summed E-state index contributed by atoms with van der Waals surface area (Å²) in [6.45, 7) is 7.08. The van der Waals surface area contributed by atoms with Crippen LogP contribution in [0.4, 0.5) is 11.8 Å². The Morgan fingerprint density at radius 3 is 2.53 bits per heavy atom. The maximum Gasteiger partial charge on any atom is 0.227 e. The van der Waals surface area contributed by atoms with E-state index in [0.717, 1.165) is 43.5 Å². The number of nitrogens with one attached hydrogen (secondary N) is 1. The molecule has 5 nitrogen and oxygen atoms in total. The summed E-state index contributed by atoms with van der Waals surface area (Å²) >= 11 is 0. The van der Waals surface area contributed by atoms with Crippen molar-refractivity contribution in [3.63, 3.8) is 0 Å². The predicted molar refractivity (Wildman–Crippen MR) is 82.0 cm³/mol. The zero-order chi connectivity index (χ0) is 14.3. The van der Waals surface area contributed by atoms with Gasteiger partial charge in [-0.1, -0.05) is 13.3 Å². The zero-order valence-electron chi connectivity index (χ0n) is 12.9. The molecule has 5 heteroatoms. The Morgan fingerprint density at radius 2 is 1.89 bits per heavy atom. The van der Waals surface area contributed by atoms with Gasteiger partial charge in [-0.15, -0.1) is 0 Å². The van der Waals surface area contributed by atoms with Crippen molar-refractivity contribution in [1.82, 2.24) is 14.9 Å². The number of aromatic nitrogens is 2. The average Bonchev–Trinajstić information content (AvgIpc) is 2.34. The Balaban J connectivity index is 2.65. The molecule has 108 valence electrons. The fraction of sp³-hybridized carbons (Fsp3) is 0.714. The second-order valence-electron chi connectivity index (χ2n) is 5.20. The predicted octanol–water partition coefficient (Wildman–Crippen LogP) is 1.99. The maximum absolute atomic E-state index is 4.57. The van der Waals surface area contributed by atoms with E-state index >= 15 is 0 Å². The largest absolute Gasteiger partial charge is 0.369 e. The third kappa shape index (κ3) is 5.87. The van der Waals surface area contributed by atoms with Crippen LogP contribution in [0.25, 0.3) is 0 Å². The van der Waals surface area contributed by atoms with Gasteiger partial charge in [0.25, 0.3) is 0 Å². The number of aryl methyl sites for hydroxylation is 1.